The van der Waals surface area contributed by atoms with Gasteiger partial charge in [0.1, 0.15) is 0 Å². The molecule has 1 saturated heterocycles. The number of hydrogen-bond donors (Lipinski definition) is 2. The molecule has 0 saturated carbocycles. The van der Waals surface area contributed by atoms with Gasteiger partial charge in [-0.25, -0.2) is 16.8 Å². The molecule has 1 fully saturated rings. The van der Waals surface area contributed by atoms with Crippen LogP contribution in [0.3, 0.4) is 0 Å². The van der Waals surface area contributed by atoms with E-state index < -0.39 is 26.0 Å². The van der Waals surface area contributed by atoms with Crippen molar-refractivity contribution in [1.29, 1.82) is 0 Å². The van der Waals surface area contributed by atoms with E-state index in [-0.39, 0.29) is 30.1 Å². The van der Waals surface area contributed by atoms with Gasteiger partial charge in [-0.2, -0.15) is 4.31 Å². The molecule has 0 spiro atoms. The van der Waals surface area contributed by atoms with Gasteiger partial charge in [0.05, 0.1) is 29.9 Å². The number of nitrogens with one attached hydrogen (secondary N) is 2. The first-order chi connectivity index (χ1) is 14.2. The normalized spacial score (nSPS) is 15.5. The Morgan fingerprint density at radius 2 is 1.73 bits per heavy atom. The third kappa shape index (κ3) is 5.57. The lowest BCUT2D eigenvalue weighted by Gasteiger charge is -2.26. The second-order valence-corrected chi connectivity index (χ2v) is 10.4. The van der Waals surface area contributed by atoms with E-state index in [1.54, 1.807) is 36.4 Å². The van der Waals surface area contributed by atoms with Crippen LogP contribution >= 0.6 is 0 Å². The third-order valence-electron chi connectivity index (χ3n) is 4.40. The molecule has 1 aliphatic rings. The molecule has 9 nitrogen and oxygen atoms in total. The van der Waals surface area contributed by atoms with Crippen LogP contribution in [0.2, 0.25) is 0 Å². The highest BCUT2D eigenvalue weighted by Gasteiger charge is 2.30. The number of nitrogens with zero attached hydrogens (tertiary/aromatic N) is 1. The van der Waals surface area contributed by atoms with Crippen LogP contribution in [-0.4, -0.2) is 59.6 Å². The lowest BCUT2D eigenvalue weighted by atomic mass is 10.2. The maximum atomic E-state index is 13.0. The summed E-state index contributed by atoms with van der Waals surface area (Å²) >= 11 is 0. The molecule has 1 aliphatic heterocycles. The second kappa shape index (κ2) is 9.13. The Balaban J connectivity index is 1.76. The minimum Gasteiger partial charge on any atom is -0.379 e. The Kier molecular flexibility index (Phi) is 6.76. The van der Waals surface area contributed by atoms with Gasteiger partial charge in [-0.3, -0.25) is 9.52 Å². The summed E-state index contributed by atoms with van der Waals surface area (Å²) < 4.78 is 57.6. The summed E-state index contributed by atoms with van der Waals surface area (Å²) in [6.45, 7) is 1.19. The van der Waals surface area contributed by atoms with Crippen molar-refractivity contribution in [3.63, 3.8) is 0 Å². The van der Waals surface area contributed by atoms with Crippen LogP contribution in [0.5, 0.6) is 0 Å². The minimum atomic E-state index is -3.83. The zero-order valence-corrected chi connectivity index (χ0v) is 18.0. The van der Waals surface area contributed by atoms with E-state index in [4.69, 9.17) is 4.74 Å². The van der Waals surface area contributed by atoms with Gasteiger partial charge in [0.15, 0.2) is 0 Å². The Morgan fingerprint density at radius 3 is 2.43 bits per heavy atom. The van der Waals surface area contributed by atoms with E-state index in [0.29, 0.717) is 24.5 Å². The lowest BCUT2D eigenvalue weighted by Crippen LogP contribution is -2.41. The summed E-state index contributed by atoms with van der Waals surface area (Å²) in [6.07, 6.45) is 1.05. The number of morpholine rings is 1. The summed E-state index contributed by atoms with van der Waals surface area (Å²) in [5, 5.41) is 2.70. The largest absolute Gasteiger partial charge is 0.379 e. The van der Waals surface area contributed by atoms with Crippen molar-refractivity contribution in [3.8, 4) is 0 Å². The first-order valence-electron chi connectivity index (χ1n) is 9.19. The highest BCUT2D eigenvalue weighted by atomic mass is 32.2. The highest BCUT2D eigenvalue weighted by Crippen LogP contribution is 2.21. The van der Waals surface area contributed by atoms with Crippen molar-refractivity contribution in [2.45, 2.75) is 11.4 Å². The molecule has 2 aromatic carbocycles. The summed E-state index contributed by atoms with van der Waals surface area (Å²) in [6, 6.07) is 12.6. The van der Waals surface area contributed by atoms with Gasteiger partial charge >= 0.3 is 0 Å². The number of ether oxygens (including phenoxy) is 1. The Morgan fingerprint density at radius 1 is 1.03 bits per heavy atom. The molecule has 2 N–H and O–H groups in total. The predicted octanol–water partition coefficient (Wildman–Crippen LogP) is 1.01. The fraction of sp³-hybridized carbons (Fsp3) is 0.316. The van der Waals surface area contributed by atoms with E-state index in [0.717, 1.165) is 6.26 Å². The van der Waals surface area contributed by atoms with Gasteiger partial charge in [-0.1, -0.05) is 24.3 Å². The number of amides is 1. The predicted molar refractivity (Wildman–Crippen MR) is 112 cm³/mol. The number of rotatable bonds is 7. The van der Waals surface area contributed by atoms with E-state index in [1.807, 2.05) is 0 Å². The molecule has 0 radical (unpaired) electrons. The average molecular weight is 454 g/mol. The smallest absolute Gasteiger partial charge is 0.252 e. The number of sulfonamides is 2. The van der Waals surface area contributed by atoms with Crippen molar-refractivity contribution in [2.24, 2.45) is 0 Å². The number of carbonyl (C=O) groups excluding carboxylic acids is 1. The van der Waals surface area contributed by atoms with Crippen LogP contribution in [-0.2, 0) is 31.3 Å². The second-order valence-electron chi connectivity index (χ2n) is 6.77. The zero-order valence-electron chi connectivity index (χ0n) is 16.4. The van der Waals surface area contributed by atoms with Crippen LogP contribution in [0.15, 0.2) is 53.4 Å². The first kappa shape index (κ1) is 22.2. The summed E-state index contributed by atoms with van der Waals surface area (Å²) in [7, 11) is -7.25. The third-order valence-corrected chi connectivity index (χ3v) is 6.97. The van der Waals surface area contributed by atoms with Crippen molar-refractivity contribution in [3.05, 3.63) is 59.7 Å². The van der Waals surface area contributed by atoms with Gasteiger partial charge in [-0.05, 0) is 29.8 Å². The van der Waals surface area contributed by atoms with E-state index >= 15 is 0 Å². The molecular weight excluding hydrogens is 430 g/mol. The zero-order chi connectivity index (χ0) is 21.8. The quantitative estimate of drug-likeness (QED) is 0.645. The highest BCUT2D eigenvalue weighted by molar-refractivity contribution is 7.92. The van der Waals surface area contributed by atoms with Crippen LogP contribution in [0.4, 0.5) is 5.69 Å². The Bertz CT molecular complexity index is 1130. The van der Waals surface area contributed by atoms with Gasteiger partial charge in [0.25, 0.3) is 5.91 Å². The van der Waals surface area contributed by atoms with Crippen molar-refractivity contribution < 1.29 is 26.4 Å². The molecule has 0 atom stereocenters. The van der Waals surface area contributed by atoms with Gasteiger partial charge in [0, 0.05) is 25.3 Å². The van der Waals surface area contributed by atoms with Gasteiger partial charge in [-0.15, -0.1) is 0 Å². The Hall–Kier alpha value is -2.47. The summed E-state index contributed by atoms with van der Waals surface area (Å²) in [5.74, 6) is -0.538. The van der Waals surface area contributed by atoms with Crippen molar-refractivity contribution in [1.82, 2.24) is 9.62 Å². The molecule has 3 rings (SSSR count). The average Bonchev–Trinajstić information content (AvgIpc) is 2.72. The minimum absolute atomic E-state index is 0.0504. The van der Waals surface area contributed by atoms with Crippen molar-refractivity contribution >= 4 is 31.6 Å². The number of carbonyl (C=O) groups is 1. The summed E-state index contributed by atoms with van der Waals surface area (Å²) in [5.41, 5.74) is 1.08. The molecule has 11 heteroatoms. The molecule has 162 valence electrons. The van der Waals surface area contributed by atoms with Crippen molar-refractivity contribution in [2.75, 3.05) is 37.3 Å². The molecule has 0 aliphatic carbocycles. The first-order valence-corrected chi connectivity index (χ1v) is 12.5. The maximum absolute atomic E-state index is 13.0. The van der Waals surface area contributed by atoms with E-state index in [1.165, 1.54) is 16.4 Å². The SMILES string of the molecule is CS(=O)(=O)Nc1cccc(CNC(=O)c2ccccc2S(=O)(=O)N2CCOCC2)c1. The van der Waals surface area contributed by atoms with Crippen LogP contribution in [0.1, 0.15) is 15.9 Å². The fourth-order valence-electron chi connectivity index (χ4n) is 3.04. The number of anilines is 1. The molecule has 0 unspecified atom stereocenters. The molecule has 1 amide bonds. The monoisotopic (exact) mass is 453 g/mol. The lowest BCUT2D eigenvalue weighted by molar-refractivity contribution is 0.0730. The molecule has 0 aromatic heterocycles. The van der Waals surface area contributed by atoms with Gasteiger partial charge < -0.3 is 10.1 Å². The Labute approximate surface area is 176 Å². The standard InChI is InChI=1S/C19H23N3O6S2/c1-29(24,25)21-16-6-4-5-15(13-16)14-20-19(23)17-7-2-3-8-18(17)30(26,27)22-9-11-28-12-10-22/h2-8,13,21H,9-12,14H2,1H3,(H,20,23). The topological polar surface area (TPSA) is 122 Å². The number of benzene rings is 2. The summed E-state index contributed by atoms with van der Waals surface area (Å²) in [4.78, 5) is 12.7. The van der Waals surface area contributed by atoms with Crippen LogP contribution in [0, 0.1) is 0 Å². The van der Waals surface area contributed by atoms with E-state index in [9.17, 15) is 21.6 Å². The fourth-order valence-corrected chi connectivity index (χ4v) is 5.19. The van der Waals surface area contributed by atoms with Gasteiger partial charge in [0.2, 0.25) is 20.0 Å². The van der Waals surface area contributed by atoms with Crippen LogP contribution in [0.25, 0.3) is 0 Å². The number of hydrogen-bond acceptors (Lipinski definition) is 6. The molecule has 1 heterocycles. The van der Waals surface area contributed by atoms with Crippen LogP contribution < -0.4 is 10.0 Å². The maximum Gasteiger partial charge on any atom is 0.252 e. The molecular formula is C19H23N3O6S2. The molecule has 2 aromatic rings. The van der Waals surface area contributed by atoms with E-state index in [2.05, 4.69) is 10.0 Å². The molecule has 0 bridgehead atoms. The molecule has 30 heavy (non-hydrogen) atoms.